The standard InChI is InChI=1S/C20H16BrCl2N3O/c1-12-9-14(13(2)26(12)17-6-3-15(21)4-7-17)11-24-25-20(27)18-8-5-16(22)10-19(18)23/h3-11H,1-2H3,(H,25,27)/b24-11-. The fourth-order valence-corrected chi connectivity index (χ4v) is 3.56. The van der Waals surface area contributed by atoms with Crippen molar-refractivity contribution >= 4 is 51.3 Å². The summed E-state index contributed by atoms with van der Waals surface area (Å²) in [7, 11) is 0. The van der Waals surface area contributed by atoms with Crippen LogP contribution in [0.4, 0.5) is 0 Å². The van der Waals surface area contributed by atoms with Crippen molar-refractivity contribution in [3.8, 4) is 5.69 Å². The number of halogens is 3. The second-order valence-electron chi connectivity index (χ2n) is 5.96. The Hall–Kier alpha value is -2.08. The largest absolute Gasteiger partial charge is 0.318 e. The molecule has 0 bridgehead atoms. The zero-order valence-electron chi connectivity index (χ0n) is 14.6. The highest BCUT2D eigenvalue weighted by molar-refractivity contribution is 9.10. The molecule has 3 aromatic rings. The lowest BCUT2D eigenvalue weighted by Crippen LogP contribution is -2.18. The van der Waals surface area contributed by atoms with Gasteiger partial charge in [0.15, 0.2) is 0 Å². The molecule has 4 nitrogen and oxygen atoms in total. The normalized spacial score (nSPS) is 11.1. The Morgan fingerprint density at radius 3 is 2.48 bits per heavy atom. The van der Waals surface area contributed by atoms with E-state index in [1.807, 2.05) is 44.2 Å². The highest BCUT2D eigenvalue weighted by Gasteiger charge is 2.11. The molecule has 1 N–H and O–H groups in total. The molecule has 138 valence electrons. The molecule has 0 spiro atoms. The zero-order chi connectivity index (χ0) is 19.6. The molecule has 1 aromatic heterocycles. The fraction of sp³-hybridized carbons (Fsp3) is 0.100. The van der Waals surface area contributed by atoms with Crippen LogP contribution in [0.1, 0.15) is 27.3 Å². The van der Waals surface area contributed by atoms with Gasteiger partial charge in [-0.15, -0.1) is 0 Å². The van der Waals surface area contributed by atoms with E-state index in [0.717, 1.165) is 27.1 Å². The van der Waals surface area contributed by atoms with Crippen LogP contribution in [0.2, 0.25) is 10.0 Å². The molecule has 0 saturated heterocycles. The van der Waals surface area contributed by atoms with E-state index >= 15 is 0 Å². The molecule has 27 heavy (non-hydrogen) atoms. The lowest BCUT2D eigenvalue weighted by atomic mass is 10.2. The maximum absolute atomic E-state index is 12.2. The van der Waals surface area contributed by atoms with Gasteiger partial charge in [0, 0.05) is 32.1 Å². The Balaban J connectivity index is 1.79. The third-order valence-corrected chi connectivity index (χ3v) is 5.18. The summed E-state index contributed by atoms with van der Waals surface area (Å²) in [5.41, 5.74) is 6.89. The van der Waals surface area contributed by atoms with E-state index in [1.165, 1.54) is 6.07 Å². The highest BCUT2D eigenvalue weighted by atomic mass is 79.9. The number of amides is 1. The summed E-state index contributed by atoms with van der Waals surface area (Å²) in [4.78, 5) is 12.2. The first-order chi connectivity index (χ1) is 12.9. The maximum atomic E-state index is 12.2. The van der Waals surface area contributed by atoms with Gasteiger partial charge in [0.05, 0.1) is 16.8 Å². The van der Waals surface area contributed by atoms with Gasteiger partial charge >= 0.3 is 0 Å². The van der Waals surface area contributed by atoms with Gasteiger partial charge in [0.25, 0.3) is 5.91 Å². The number of benzene rings is 2. The third-order valence-electron chi connectivity index (χ3n) is 4.10. The quantitative estimate of drug-likeness (QED) is 0.377. The molecule has 0 atom stereocenters. The number of hydrogen-bond donors (Lipinski definition) is 1. The number of nitrogens with one attached hydrogen (secondary N) is 1. The summed E-state index contributed by atoms with van der Waals surface area (Å²) in [5, 5.41) is 4.82. The summed E-state index contributed by atoms with van der Waals surface area (Å²) in [6, 6.07) is 14.8. The number of aromatic nitrogens is 1. The molecule has 0 fully saturated rings. The molecule has 0 aliphatic heterocycles. The van der Waals surface area contributed by atoms with Crippen molar-refractivity contribution in [2.24, 2.45) is 5.10 Å². The number of hydrazone groups is 1. The first kappa shape index (κ1) is 19.7. The van der Waals surface area contributed by atoms with Crippen molar-refractivity contribution < 1.29 is 4.79 Å². The van der Waals surface area contributed by atoms with E-state index in [4.69, 9.17) is 23.2 Å². The Labute approximate surface area is 175 Å². The van der Waals surface area contributed by atoms with Gasteiger partial charge in [-0.25, -0.2) is 5.43 Å². The van der Waals surface area contributed by atoms with E-state index in [0.29, 0.717) is 10.6 Å². The zero-order valence-corrected chi connectivity index (χ0v) is 17.7. The van der Waals surface area contributed by atoms with Crippen LogP contribution in [0.3, 0.4) is 0 Å². The molecule has 0 saturated carbocycles. The van der Waals surface area contributed by atoms with Gasteiger partial charge in [-0.1, -0.05) is 39.1 Å². The van der Waals surface area contributed by atoms with Crippen LogP contribution >= 0.6 is 39.1 Å². The Bertz CT molecular complexity index is 1030. The van der Waals surface area contributed by atoms with Gasteiger partial charge in [-0.3, -0.25) is 4.79 Å². The fourth-order valence-electron chi connectivity index (χ4n) is 2.80. The Kier molecular flexibility index (Phi) is 6.05. The van der Waals surface area contributed by atoms with Crippen LogP contribution in [0, 0.1) is 13.8 Å². The average molecular weight is 465 g/mol. The van der Waals surface area contributed by atoms with E-state index in [-0.39, 0.29) is 5.02 Å². The minimum atomic E-state index is -0.394. The lowest BCUT2D eigenvalue weighted by Gasteiger charge is -2.09. The summed E-state index contributed by atoms with van der Waals surface area (Å²) in [6.45, 7) is 4.03. The predicted octanol–water partition coefficient (Wildman–Crippen LogP) is 5.93. The molecule has 7 heteroatoms. The van der Waals surface area contributed by atoms with Gasteiger partial charge in [-0.05, 0) is 62.4 Å². The summed E-state index contributed by atoms with van der Waals surface area (Å²) in [6.07, 6.45) is 1.62. The molecule has 0 radical (unpaired) electrons. The van der Waals surface area contributed by atoms with Crippen molar-refractivity contribution in [3.05, 3.63) is 85.6 Å². The van der Waals surface area contributed by atoms with Crippen LogP contribution in [-0.4, -0.2) is 16.7 Å². The second kappa shape index (κ2) is 8.30. The van der Waals surface area contributed by atoms with Gasteiger partial charge < -0.3 is 4.57 Å². The van der Waals surface area contributed by atoms with Crippen LogP contribution in [0.5, 0.6) is 0 Å². The SMILES string of the molecule is Cc1cc(/C=N\NC(=O)c2ccc(Cl)cc2Cl)c(C)n1-c1ccc(Br)cc1. The second-order valence-corrected chi connectivity index (χ2v) is 7.72. The summed E-state index contributed by atoms with van der Waals surface area (Å²) in [5.74, 6) is -0.394. The van der Waals surface area contributed by atoms with Crippen LogP contribution in [0.25, 0.3) is 5.69 Å². The van der Waals surface area contributed by atoms with Gasteiger partial charge in [0.1, 0.15) is 0 Å². The molecule has 3 rings (SSSR count). The van der Waals surface area contributed by atoms with Crippen molar-refractivity contribution in [2.75, 3.05) is 0 Å². The molecule has 1 amide bonds. The Morgan fingerprint density at radius 2 is 1.81 bits per heavy atom. The monoisotopic (exact) mass is 463 g/mol. The minimum Gasteiger partial charge on any atom is -0.318 e. The highest BCUT2D eigenvalue weighted by Crippen LogP contribution is 2.22. The lowest BCUT2D eigenvalue weighted by molar-refractivity contribution is 0.0955. The number of nitrogens with zero attached hydrogens (tertiary/aromatic N) is 2. The number of carbonyl (C=O) groups is 1. The smallest absolute Gasteiger partial charge is 0.272 e. The van der Waals surface area contributed by atoms with Crippen LogP contribution in [0.15, 0.2) is 58.1 Å². The minimum absolute atomic E-state index is 0.281. The summed E-state index contributed by atoms with van der Waals surface area (Å²) >= 11 is 15.3. The van der Waals surface area contributed by atoms with E-state index < -0.39 is 5.91 Å². The first-order valence-corrected chi connectivity index (χ1v) is 9.65. The first-order valence-electron chi connectivity index (χ1n) is 8.10. The predicted molar refractivity (Wildman–Crippen MR) is 114 cm³/mol. The summed E-state index contributed by atoms with van der Waals surface area (Å²) < 4.78 is 3.16. The van der Waals surface area contributed by atoms with Gasteiger partial charge in [-0.2, -0.15) is 5.10 Å². The molecule has 0 aliphatic rings. The molecule has 1 heterocycles. The number of aryl methyl sites for hydroxylation is 1. The van der Waals surface area contributed by atoms with Crippen molar-refractivity contribution in [1.82, 2.24) is 9.99 Å². The molecule has 0 unspecified atom stereocenters. The maximum Gasteiger partial charge on any atom is 0.272 e. The molecular formula is C20H16BrCl2N3O. The number of hydrogen-bond acceptors (Lipinski definition) is 2. The molecular weight excluding hydrogens is 449 g/mol. The van der Waals surface area contributed by atoms with Gasteiger partial charge in [0.2, 0.25) is 0 Å². The number of carbonyl (C=O) groups excluding carboxylic acids is 1. The third kappa shape index (κ3) is 4.43. The topological polar surface area (TPSA) is 46.4 Å². The van der Waals surface area contributed by atoms with E-state index in [1.54, 1.807) is 18.3 Å². The Morgan fingerprint density at radius 1 is 1.11 bits per heavy atom. The molecule has 0 aliphatic carbocycles. The molecule has 2 aromatic carbocycles. The van der Waals surface area contributed by atoms with E-state index in [9.17, 15) is 4.79 Å². The number of rotatable bonds is 4. The van der Waals surface area contributed by atoms with Crippen molar-refractivity contribution in [2.45, 2.75) is 13.8 Å². The van der Waals surface area contributed by atoms with Crippen molar-refractivity contribution in [3.63, 3.8) is 0 Å². The average Bonchev–Trinajstić information content (AvgIpc) is 2.89. The van der Waals surface area contributed by atoms with Crippen LogP contribution < -0.4 is 5.43 Å². The van der Waals surface area contributed by atoms with E-state index in [2.05, 4.69) is 31.0 Å². The van der Waals surface area contributed by atoms with Crippen molar-refractivity contribution in [1.29, 1.82) is 0 Å². The van der Waals surface area contributed by atoms with Crippen LogP contribution in [-0.2, 0) is 0 Å².